The summed E-state index contributed by atoms with van der Waals surface area (Å²) in [4.78, 5) is 14.2. The first kappa shape index (κ1) is 20.5. The van der Waals surface area contributed by atoms with Crippen LogP contribution >= 0.6 is 11.3 Å². The molecule has 0 atom stereocenters. The zero-order valence-electron chi connectivity index (χ0n) is 17.6. The molecule has 30 heavy (non-hydrogen) atoms. The number of aryl methyl sites for hydroxylation is 3. The van der Waals surface area contributed by atoms with Gasteiger partial charge >= 0.3 is 0 Å². The Morgan fingerprint density at radius 3 is 2.43 bits per heavy atom. The first-order chi connectivity index (χ1) is 14.8. The van der Waals surface area contributed by atoms with Crippen molar-refractivity contribution in [2.75, 3.05) is 6.61 Å². The Bertz CT molecular complexity index is 1120. The van der Waals surface area contributed by atoms with Crippen molar-refractivity contribution in [3.05, 3.63) is 70.2 Å². The van der Waals surface area contributed by atoms with E-state index in [0.29, 0.717) is 12.5 Å². The lowest BCUT2D eigenvalue weighted by molar-refractivity contribution is 0.328. The van der Waals surface area contributed by atoms with E-state index in [1.165, 1.54) is 16.3 Å². The number of thiazole rings is 1. The van der Waals surface area contributed by atoms with Crippen molar-refractivity contribution in [1.29, 1.82) is 0 Å². The van der Waals surface area contributed by atoms with Gasteiger partial charge in [0.15, 0.2) is 0 Å². The van der Waals surface area contributed by atoms with Crippen molar-refractivity contribution in [1.82, 2.24) is 15.0 Å². The fourth-order valence-corrected chi connectivity index (χ4v) is 4.32. The van der Waals surface area contributed by atoms with Crippen molar-refractivity contribution in [3.63, 3.8) is 0 Å². The number of para-hydroxylation sites is 2. The molecular formula is C25H27N3OS. The number of hydrogen-bond donors (Lipinski definition) is 0. The summed E-state index contributed by atoms with van der Waals surface area (Å²) in [5.41, 5.74) is 6.16. The zero-order chi connectivity index (χ0) is 20.8. The van der Waals surface area contributed by atoms with Gasteiger partial charge in [0.1, 0.15) is 5.69 Å². The second-order valence-corrected chi connectivity index (χ2v) is 8.24. The molecule has 0 aliphatic carbocycles. The van der Waals surface area contributed by atoms with E-state index < -0.39 is 0 Å². The van der Waals surface area contributed by atoms with Gasteiger partial charge in [-0.2, -0.15) is 0 Å². The predicted molar refractivity (Wildman–Crippen MR) is 124 cm³/mol. The molecule has 2 aromatic heterocycles. The fourth-order valence-electron chi connectivity index (χ4n) is 3.54. The van der Waals surface area contributed by atoms with Gasteiger partial charge in [-0.15, -0.1) is 11.3 Å². The van der Waals surface area contributed by atoms with Crippen LogP contribution in [-0.4, -0.2) is 21.6 Å². The number of aromatic nitrogens is 3. The van der Waals surface area contributed by atoms with Gasteiger partial charge in [0.2, 0.25) is 5.88 Å². The van der Waals surface area contributed by atoms with Crippen molar-refractivity contribution in [2.45, 2.75) is 46.0 Å². The Balaban J connectivity index is 1.48. The first-order valence-electron chi connectivity index (χ1n) is 10.7. The topological polar surface area (TPSA) is 47.9 Å². The highest BCUT2D eigenvalue weighted by Crippen LogP contribution is 2.29. The van der Waals surface area contributed by atoms with Crippen LogP contribution in [0.25, 0.3) is 22.3 Å². The Hall–Kier alpha value is -2.79. The molecule has 0 radical (unpaired) electrons. The number of ether oxygens (including phenoxy) is 1. The van der Waals surface area contributed by atoms with Crippen LogP contribution in [0.1, 0.15) is 43.0 Å². The highest BCUT2D eigenvalue weighted by Gasteiger charge is 2.12. The lowest BCUT2D eigenvalue weighted by atomic mass is 10.0. The molecular weight excluding hydrogens is 390 g/mol. The molecule has 2 heterocycles. The van der Waals surface area contributed by atoms with E-state index in [4.69, 9.17) is 14.7 Å². The van der Waals surface area contributed by atoms with Crippen LogP contribution in [0.2, 0.25) is 0 Å². The van der Waals surface area contributed by atoms with Crippen molar-refractivity contribution >= 4 is 22.4 Å². The standard InChI is InChI=1S/C25H27N3OS/c1-3-23-26-20(17-30-23)13-6-5-10-18-11-9-12-19(16-18)24-25(29-4-2)28-22-15-8-7-14-21(22)27-24/h7-9,11-12,14-17H,3-6,10,13H2,1-2H3. The molecule has 0 N–H and O–H groups in total. The summed E-state index contributed by atoms with van der Waals surface area (Å²) in [5, 5.41) is 3.44. The molecule has 0 saturated heterocycles. The molecule has 2 aromatic carbocycles. The zero-order valence-corrected chi connectivity index (χ0v) is 18.4. The SMILES string of the molecule is CCOc1nc2ccccc2nc1-c1cccc(CCCCc2csc(CC)n2)c1. The van der Waals surface area contributed by atoms with Gasteiger partial charge in [0, 0.05) is 10.9 Å². The minimum absolute atomic E-state index is 0.566. The van der Waals surface area contributed by atoms with Gasteiger partial charge in [-0.3, -0.25) is 0 Å². The van der Waals surface area contributed by atoms with Gasteiger partial charge in [-0.1, -0.05) is 37.3 Å². The molecule has 4 rings (SSSR count). The smallest absolute Gasteiger partial charge is 0.241 e. The van der Waals surface area contributed by atoms with Gasteiger partial charge in [-0.05, 0) is 62.8 Å². The summed E-state index contributed by atoms with van der Waals surface area (Å²) in [6.07, 6.45) is 5.42. The Morgan fingerprint density at radius 1 is 0.867 bits per heavy atom. The highest BCUT2D eigenvalue weighted by atomic mass is 32.1. The minimum atomic E-state index is 0.566. The summed E-state index contributed by atoms with van der Waals surface area (Å²) in [5.74, 6) is 0.601. The number of unbranched alkanes of at least 4 members (excludes halogenated alkanes) is 1. The number of nitrogens with zero attached hydrogens (tertiary/aromatic N) is 3. The van der Waals surface area contributed by atoms with E-state index in [0.717, 1.165) is 54.4 Å². The van der Waals surface area contributed by atoms with E-state index >= 15 is 0 Å². The van der Waals surface area contributed by atoms with Gasteiger partial charge < -0.3 is 4.74 Å². The Labute approximate surface area is 182 Å². The molecule has 5 heteroatoms. The van der Waals surface area contributed by atoms with E-state index in [1.54, 1.807) is 11.3 Å². The van der Waals surface area contributed by atoms with Crippen molar-refractivity contribution in [3.8, 4) is 17.1 Å². The fraction of sp³-hybridized carbons (Fsp3) is 0.320. The van der Waals surface area contributed by atoms with E-state index in [1.807, 2.05) is 31.2 Å². The monoisotopic (exact) mass is 417 g/mol. The normalized spacial score (nSPS) is 11.1. The number of fused-ring (bicyclic) bond motifs is 1. The largest absolute Gasteiger partial charge is 0.476 e. The summed E-state index contributed by atoms with van der Waals surface area (Å²) in [7, 11) is 0. The van der Waals surface area contributed by atoms with Crippen molar-refractivity contribution in [2.24, 2.45) is 0 Å². The van der Waals surface area contributed by atoms with Crippen LogP contribution in [0.5, 0.6) is 5.88 Å². The third kappa shape index (κ3) is 4.85. The summed E-state index contributed by atoms with van der Waals surface area (Å²) < 4.78 is 5.82. The molecule has 0 aliphatic rings. The minimum Gasteiger partial charge on any atom is -0.476 e. The number of hydrogen-bond acceptors (Lipinski definition) is 5. The third-order valence-electron chi connectivity index (χ3n) is 5.07. The Morgan fingerprint density at radius 2 is 1.67 bits per heavy atom. The average molecular weight is 418 g/mol. The second kappa shape index (κ2) is 9.81. The van der Waals surface area contributed by atoms with Crippen LogP contribution in [0.3, 0.4) is 0 Å². The molecule has 154 valence electrons. The van der Waals surface area contributed by atoms with Crippen LogP contribution in [-0.2, 0) is 19.3 Å². The maximum absolute atomic E-state index is 5.82. The van der Waals surface area contributed by atoms with Crippen LogP contribution < -0.4 is 4.74 Å². The molecule has 0 spiro atoms. The van der Waals surface area contributed by atoms with Crippen LogP contribution in [0, 0.1) is 0 Å². The molecule has 4 aromatic rings. The molecule has 0 aliphatic heterocycles. The van der Waals surface area contributed by atoms with Crippen molar-refractivity contribution < 1.29 is 4.74 Å². The lowest BCUT2D eigenvalue weighted by Crippen LogP contribution is -2.00. The van der Waals surface area contributed by atoms with E-state index in [9.17, 15) is 0 Å². The molecule has 0 fully saturated rings. The van der Waals surface area contributed by atoms with Gasteiger partial charge in [0.05, 0.1) is 28.3 Å². The first-order valence-corrected chi connectivity index (χ1v) is 11.6. The van der Waals surface area contributed by atoms with Gasteiger partial charge in [0.25, 0.3) is 0 Å². The van der Waals surface area contributed by atoms with Crippen LogP contribution in [0.4, 0.5) is 0 Å². The lowest BCUT2D eigenvalue weighted by Gasteiger charge is -2.11. The number of rotatable bonds is 9. The quantitative estimate of drug-likeness (QED) is 0.301. The molecule has 4 nitrogen and oxygen atoms in total. The van der Waals surface area contributed by atoms with Gasteiger partial charge in [-0.25, -0.2) is 15.0 Å². The van der Waals surface area contributed by atoms with E-state index in [2.05, 4.69) is 41.6 Å². The summed E-state index contributed by atoms with van der Waals surface area (Å²) in [6.45, 7) is 4.70. The highest BCUT2D eigenvalue weighted by molar-refractivity contribution is 7.09. The molecule has 0 bridgehead atoms. The third-order valence-corrected chi connectivity index (χ3v) is 6.11. The number of benzene rings is 2. The summed E-state index contributed by atoms with van der Waals surface area (Å²) >= 11 is 1.77. The maximum atomic E-state index is 5.82. The predicted octanol–water partition coefficient (Wildman–Crippen LogP) is 6.28. The maximum Gasteiger partial charge on any atom is 0.241 e. The average Bonchev–Trinajstić information content (AvgIpc) is 3.25. The van der Waals surface area contributed by atoms with E-state index in [-0.39, 0.29) is 0 Å². The Kier molecular flexibility index (Phi) is 6.70. The molecule has 0 unspecified atom stereocenters. The molecule has 0 amide bonds. The second-order valence-electron chi connectivity index (χ2n) is 7.29. The van der Waals surface area contributed by atoms with Crippen LogP contribution in [0.15, 0.2) is 53.9 Å². The molecule has 0 saturated carbocycles. The summed E-state index contributed by atoms with van der Waals surface area (Å²) in [6, 6.07) is 16.5.